The van der Waals surface area contributed by atoms with Crippen LogP contribution in [0.2, 0.25) is 0 Å². The third-order valence-electron chi connectivity index (χ3n) is 6.71. The molecule has 2 aromatic carbocycles. The number of ether oxygens (including phenoxy) is 1. The third kappa shape index (κ3) is 4.48. The Morgan fingerprint density at radius 2 is 1.66 bits per heavy atom. The molecule has 1 amide bonds. The number of benzene rings is 2. The van der Waals surface area contributed by atoms with Crippen LogP contribution in [0, 0.1) is 5.92 Å². The lowest BCUT2D eigenvalue weighted by molar-refractivity contribution is 0.0952. The van der Waals surface area contributed by atoms with Gasteiger partial charge in [-0.25, -0.2) is 0 Å². The Morgan fingerprint density at radius 3 is 2.34 bits per heavy atom. The van der Waals surface area contributed by atoms with Crippen LogP contribution in [-0.4, -0.2) is 36.5 Å². The smallest absolute Gasteiger partial charge is 0.251 e. The van der Waals surface area contributed by atoms with Gasteiger partial charge < -0.3 is 10.1 Å². The summed E-state index contributed by atoms with van der Waals surface area (Å²) in [7, 11) is 0. The molecule has 5 rings (SSSR count). The Bertz CT molecular complexity index is 869. The van der Waals surface area contributed by atoms with Crippen molar-refractivity contribution in [3.63, 3.8) is 0 Å². The first-order valence-corrected chi connectivity index (χ1v) is 11.2. The molecule has 2 fully saturated rings. The number of rotatable bonds is 6. The molecule has 0 atom stereocenters. The summed E-state index contributed by atoms with van der Waals surface area (Å²) in [6.07, 6.45) is 8.87. The summed E-state index contributed by atoms with van der Waals surface area (Å²) in [5.74, 6) is 2.35. The second-order valence-corrected chi connectivity index (χ2v) is 8.83. The minimum Gasteiger partial charge on any atom is -0.457 e. The SMILES string of the molecule is O=C(NCC1CC1)c1ccc(Oc2ccc3c(c2)CCN(C2CCC2)CC3)cc1. The van der Waals surface area contributed by atoms with Crippen molar-refractivity contribution in [1.29, 1.82) is 0 Å². The number of carbonyl (C=O) groups is 1. The van der Waals surface area contributed by atoms with Crippen LogP contribution < -0.4 is 10.1 Å². The van der Waals surface area contributed by atoms with Gasteiger partial charge in [0.1, 0.15) is 11.5 Å². The fraction of sp³-hybridized carbons (Fsp3) is 0.480. The van der Waals surface area contributed by atoms with Crippen molar-refractivity contribution in [3.8, 4) is 11.5 Å². The molecule has 2 aromatic rings. The minimum absolute atomic E-state index is 0.00416. The van der Waals surface area contributed by atoms with Gasteiger partial charge in [-0.1, -0.05) is 12.5 Å². The zero-order chi connectivity index (χ0) is 19.6. The Balaban J connectivity index is 1.21. The van der Waals surface area contributed by atoms with Gasteiger partial charge in [0.05, 0.1) is 0 Å². The van der Waals surface area contributed by atoms with Crippen LogP contribution in [0.3, 0.4) is 0 Å². The Kier molecular flexibility index (Phi) is 5.28. The van der Waals surface area contributed by atoms with E-state index in [1.807, 2.05) is 24.3 Å². The van der Waals surface area contributed by atoms with Crippen molar-refractivity contribution in [2.45, 2.75) is 51.0 Å². The normalized spacial score (nSPS) is 19.7. The highest BCUT2D eigenvalue weighted by Crippen LogP contribution is 2.30. The highest BCUT2D eigenvalue weighted by molar-refractivity contribution is 5.94. The molecule has 0 bridgehead atoms. The summed E-state index contributed by atoms with van der Waals surface area (Å²) in [6.45, 7) is 3.14. The molecule has 1 heterocycles. The molecule has 4 heteroatoms. The largest absolute Gasteiger partial charge is 0.457 e. The number of hydrogen-bond donors (Lipinski definition) is 1. The predicted molar refractivity (Wildman–Crippen MR) is 115 cm³/mol. The van der Waals surface area contributed by atoms with Crippen LogP contribution in [0.1, 0.15) is 53.6 Å². The number of nitrogens with zero attached hydrogens (tertiary/aromatic N) is 1. The molecular weight excluding hydrogens is 360 g/mol. The molecule has 0 saturated heterocycles. The van der Waals surface area contributed by atoms with E-state index in [9.17, 15) is 4.79 Å². The molecule has 2 aliphatic carbocycles. The van der Waals surface area contributed by atoms with Gasteiger partial charge in [-0.05, 0) is 92.0 Å². The predicted octanol–water partition coefficient (Wildman–Crippen LogP) is 4.57. The molecule has 1 aliphatic heterocycles. The number of carbonyl (C=O) groups excluding carboxylic acids is 1. The molecule has 3 aliphatic rings. The molecule has 152 valence electrons. The van der Waals surface area contributed by atoms with E-state index in [1.54, 1.807) is 0 Å². The summed E-state index contributed by atoms with van der Waals surface area (Å²) in [6, 6.07) is 14.8. The first-order valence-electron chi connectivity index (χ1n) is 11.2. The van der Waals surface area contributed by atoms with Crippen molar-refractivity contribution in [2.24, 2.45) is 5.92 Å². The van der Waals surface area contributed by atoms with Crippen LogP contribution in [0.5, 0.6) is 11.5 Å². The van der Waals surface area contributed by atoms with Crippen LogP contribution in [0.25, 0.3) is 0 Å². The molecule has 1 N–H and O–H groups in total. The molecule has 2 saturated carbocycles. The molecule has 0 aromatic heterocycles. The van der Waals surface area contributed by atoms with Gasteiger partial charge >= 0.3 is 0 Å². The number of hydrogen-bond acceptors (Lipinski definition) is 3. The number of fused-ring (bicyclic) bond motifs is 1. The van der Waals surface area contributed by atoms with E-state index >= 15 is 0 Å². The monoisotopic (exact) mass is 390 g/mol. The molecule has 29 heavy (non-hydrogen) atoms. The van der Waals surface area contributed by atoms with Gasteiger partial charge in [-0.3, -0.25) is 9.69 Å². The lowest BCUT2D eigenvalue weighted by atomic mass is 9.91. The van der Waals surface area contributed by atoms with E-state index in [1.165, 1.54) is 49.8 Å². The molecular formula is C25H30N2O2. The first kappa shape index (κ1) is 18.7. The van der Waals surface area contributed by atoms with Crippen molar-refractivity contribution in [1.82, 2.24) is 10.2 Å². The van der Waals surface area contributed by atoms with Crippen molar-refractivity contribution >= 4 is 5.91 Å². The van der Waals surface area contributed by atoms with E-state index in [4.69, 9.17) is 4.74 Å². The zero-order valence-electron chi connectivity index (χ0n) is 17.0. The Morgan fingerprint density at radius 1 is 0.931 bits per heavy atom. The number of amides is 1. The maximum Gasteiger partial charge on any atom is 0.251 e. The van der Waals surface area contributed by atoms with Crippen molar-refractivity contribution in [2.75, 3.05) is 19.6 Å². The molecule has 0 radical (unpaired) electrons. The number of nitrogens with one attached hydrogen (secondary N) is 1. The third-order valence-corrected chi connectivity index (χ3v) is 6.71. The fourth-order valence-electron chi connectivity index (χ4n) is 4.37. The summed E-state index contributed by atoms with van der Waals surface area (Å²) >= 11 is 0. The van der Waals surface area contributed by atoms with Crippen LogP contribution in [0.4, 0.5) is 0 Å². The summed E-state index contributed by atoms with van der Waals surface area (Å²) in [5.41, 5.74) is 3.57. The first-order chi connectivity index (χ1) is 14.2. The maximum atomic E-state index is 12.2. The second-order valence-electron chi connectivity index (χ2n) is 8.83. The second kappa shape index (κ2) is 8.19. The zero-order valence-corrected chi connectivity index (χ0v) is 17.0. The van der Waals surface area contributed by atoms with Gasteiger partial charge in [0.15, 0.2) is 0 Å². The summed E-state index contributed by atoms with van der Waals surface area (Å²) in [4.78, 5) is 14.9. The fourth-order valence-corrected chi connectivity index (χ4v) is 4.37. The van der Waals surface area contributed by atoms with Gasteiger partial charge in [0.2, 0.25) is 0 Å². The summed E-state index contributed by atoms with van der Waals surface area (Å²) in [5, 5.41) is 3.01. The van der Waals surface area contributed by atoms with Crippen LogP contribution in [-0.2, 0) is 12.8 Å². The summed E-state index contributed by atoms with van der Waals surface area (Å²) < 4.78 is 6.09. The average molecular weight is 391 g/mol. The maximum absolute atomic E-state index is 12.2. The highest BCUT2D eigenvalue weighted by Gasteiger charge is 2.26. The Labute approximate surface area is 173 Å². The van der Waals surface area contributed by atoms with E-state index in [2.05, 4.69) is 28.4 Å². The van der Waals surface area contributed by atoms with Gasteiger partial charge in [0.25, 0.3) is 5.91 Å². The van der Waals surface area contributed by atoms with E-state index in [0.29, 0.717) is 11.5 Å². The lowest BCUT2D eigenvalue weighted by Crippen LogP contribution is -2.41. The van der Waals surface area contributed by atoms with Gasteiger partial charge in [0, 0.05) is 31.2 Å². The van der Waals surface area contributed by atoms with E-state index in [-0.39, 0.29) is 5.91 Å². The van der Waals surface area contributed by atoms with E-state index < -0.39 is 0 Å². The van der Waals surface area contributed by atoms with Crippen LogP contribution in [0.15, 0.2) is 42.5 Å². The van der Waals surface area contributed by atoms with Gasteiger partial charge in [-0.15, -0.1) is 0 Å². The van der Waals surface area contributed by atoms with Gasteiger partial charge in [-0.2, -0.15) is 0 Å². The minimum atomic E-state index is 0.00416. The van der Waals surface area contributed by atoms with Crippen LogP contribution >= 0.6 is 0 Å². The Hall–Kier alpha value is -2.33. The topological polar surface area (TPSA) is 41.6 Å². The molecule has 0 spiro atoms. The van der Waals surface area contributed by atoms with E-state index in [0.717, 1.165) is 43.5 Å². The molecule has 0 unspecified atom stereocenters. The highest BCUT2D eigenvalue weighted by atomic mass is 16.5. The quantitative estimate of drug-likeness (QED) is 0.785. The van der Waals surface area contributed by atoms with Crippen molar-refractivity contribution in [3.05, 3.63) is 59.2 Å². The molecule has 4 nitrogen and oxygen atoms in total. The average Bonchev–Trinajstić information content (AvgIpc) is 3.53. The van der Waals surface area contributed by atoms with Crippen molar-refractivity contribution < 1.29 is 9.53 Å². The standard InChI is InChI=1S/C25H30N2O2/c28-25(26-17-18-4-5-18)20-7-9-23(10-8-20)29-24-11-6-19-12-14-27(22-2-1-3-22)15-13-21(19)16-24/h6-11,16,18,22H,1-5,12-15,17H2,(H,26,28). The lowest BCUT2D eigenvalue weighted by Gasteiger charge is -2.36.